The first-order valence-electron chi connectivity index (χ1n) is 10.5. The van der Waals surface area contributed by atoms with Gasteiger partial charge in [-0.15, -0.1) is 11.3 Å². The summed E-state index contributed by atoms with van der Waals surface area (Å²) in [7, 11) is 1.37. The zero-order valence-electron chi connectivity index (χ0n) is 18.5. The van der Waals surface area contributed by atoms with Crippen LogP contribution in [0.5, 0.6) is 11.5 Å². The number of aromatic nitrogens is 1. The maximum absolute atomic E-state index is 14.1. The number of carbonyl (C=O) groups excluding carboxylic acids is 1. The number of carboxylic acid groups (broad SMARTS) is 1. The summed E-state index contributed by atoms with van der Waals surface area (Å²) in [6.45, 7) is -0.649. The van der Waals surface area contributed by atoms with E-state index in [1.54, 1.807) is 24.3 Å². The smallest absolute Gasteiger partial charge is 0.341 e. The molecule has 10 heteroatoms. The molecule has 1 unspecified atom stereocenters. The normalized spacial score (nSPS) is 11.7. The minimum atomic E-state index is -1.14. The van der Waals surface area contributed by atoms with Gasteiger partial charge < -0.3 is 25.0 Å². The highest BCUT2D eigenvalue weighted by molar-refractivity contribution is 7.17. The van der Waals surface area contributed by atoms with Gasteiger partial charge in [-0.2, -0.15) is 0 Å². The number of nitrogens with one attached hydrogen (secondary N) is 1. The molecule has 0 aliphatic carbocycles. The number of pyridine rings is 1. The Hall–Kier alpha value is -4.02. The zero-order valence-corrected chi connectivity index (χ0v) is 19.3. The molecule has 2 aromatic heterocycles. The molecular formula is C25H21FN2O6S. The number of methoxy groups -OCH3 is 1. The molecule has 4 rings (SSSR count). The summed E-state index contributed by atoms with van der Waals surface area (Å²) in [5.74, 6) is -1.51. The maximum Gasteiger partial charge on any atom is 0.341 e. The van der Waals surface area contributed by atoms with Gasteiger partial charge in [-0.1, -0.05) is 18.2 Å². The van der Waals surface area contributed by atoms with Gasteiger partial charge in [0.15, 0.2) is 18.1 Å². The van der Waals surface area contributed by atoms with Crippen molar-refractivity contribution >= 4 is 33.3 Å². The highest BCUT2D eigenvalue weighted by Crippen LogP contribution is 2.35. The number of nitrogens with zero attached hydrogens (tertiary/aromatic N) is 1. The molecule has 35 heavy (non-hydrogen) atoms. The quantitative estimate of drug-likeness (QED) is 0.320. The molecule has 0 spiro atoms. The molecule has 4 aromatic rings. The van der Waals surface area contributed by atoms with E-state index in [1.165, 1.54) is 42.7 Å². The molecule has 2 heterocycles. The van der Waals surface area contributed by atoms with Crippen LogP contribution in [0.4, 0.5) is 4.39 Å². The highest BCUT2D eigenvalue weighted by Gasteiger charge is 2.17. The summed E-state index contributed by atoms with van der Waals surface area (Å²) in [6.07, 6.45) is -1.08. The molecule has 0 aliphatic heterocycles. The fourth-order valence-electron chi connectivity index (χ4n) is 3.47. The van der Waals surface area contributed by atoms with Gasteiger partial charge in [0.1, 0.15) is 11.9 Å². The van der Waals surface area contributed by atoms with Crippen LogP contribution in [0.3, 0.4) is 0 Å². The SMILES string of the molecule is COc1cc(C(=O)NCC(O)c2cccc(-c3csc4c(F)cccc34)n2)ccc1OCC(=O)O. The summed E-state index contributed by atoms with van der Waals surface area (Å²) < 4.78 is 24.9. The van der Waals surface area contributed by atoms with Crippen molar-refractivity contribution in [2.45, 2.75) is 6.10 Å². The maximum atomic E-state index is 14.1. The number of fused-ring (bicyclic) bond motifs is 1. The fraction of sp³-hybridized carbons (Fsp3) is 0.160. The second kappa shape index (κ2) is 10.5. The minimum Gasteiger partial charge on any atom is -0.493 e. The van der Waals surface area contributed by atoms with E-state index in [9.17, 15) is 19.1 Å². The van der Waals surface area contributed by atoms with Gasteiger partial charge in [-0.3, -0.25) is 4.79 Å². The van der Waals surface area contributed by atoms with E-state index in [0.717, 1.165) is 10.9 Å². The number of hydrogen-bond acceptors (Lipinski definition) is 7. The van der Waals surface area contributed by atoms with E-state index >= 15 is 0 Å². The monoisotopic (exact) mass is 496 g/mol. The Bertz CT molecular complexity index is 1390. The summed E-state index contributed by atoms with van der Waals surface area (Å²) >= 11 is 1.29. The first-order valence-corrected chi connectivity index (χ1v) is 11.4. The molecule has 0 radical (unpaired) electrons. The number of amides is 1. The van der Waals surface area contributed by atoms with Crippen LogP contribution in [0.15, 0.2) is 60.0 Å². The molecule has 2 aromatic carbocycles. The van der Waals surface area contributed by atoms with Crippen molar-refractivity contribution in [3.05, 3.63) is 77.1 Å². The van der Waals surface area contributed by atoms with Gasteiger partial charge in [-0.25, -0.2) is 14.2 Å². The minimum absolute atomic E-state index is 0.103. The van der Waals surface area contributed by atoms with Crippen molar-refractivity contribution in [2.75, 3.05) is 20.3 Å². The van der Waals surface area contributed by atoms with Crippen molar-refractivity contribution in [3.63, 3.8) is 0 Å². The summed E-state index contributed by atoms with van der Waals surface area (Å²) in [5.41, 5.74) is 1.95. The van der Waals surface area contributed by atoms with Crippen LogP contribution < -0.4 is 14.8 Å². The molecule has 1 atom stereocenters. The standard InChI is InChI=1S/C25H21FN2O6S/c1-33-22-10-14(8-9-21(22)34-12-23(30)31)25(32)27-11-20(29)19-7-3-6-18(28-19)16-13-35-24-15(16)4-2-5-17(24)26/h2-10,13,20,29H,11-12H2,1H3,(H,27,32)(H,30,31). The molecule has 0 saturated carbocycles. The van der Waals surface area contributed by atoms with Gasteiger partial charge in [0.05, 0.1) is 23.2 Å². The lowest BCUT2D eigenvalue weighted by Crippen LogP contribution is -2.28. The van der Waals surface area contributed by atoms with E-state index in [2.05, 4.69) is 10.3 Å². The summed E-state index contributed by atoms with van der Waals surface area (Å²) in [6, 6.07) is 14.3. The molecule has 3 N–H and O–H groups in total. The zero-order chi connectivity index (χ0) is 24.9. The Morgan fingerprint density at radius 1 is 1.14 bits per heavy atom. The average molecular weight is 497 g/mol. The van der Waals surface area contributed by atoms with Crippen molar-refractivity contribution in [3.8, 4) is 22.8 Å². The number of carboxylic acids is 1. The number of hydrogen-bond donors (Lipinski definition) is 3. The van der Waals surface area contributed by atoms with Crippen molar-refractivity contribution in [1.29, 1.82) is 0 Å². The summed E-state index contributed by atoms with van der Waals surface area (Å²) in [5, 5.41) is 24.6. The molecule has 180 valence electrons. The number of rotatable bonds is 9. The number of benzene rings is 2. The number of halogens is 1. The lowest BCUT2D eigenvalue weighted by atomic mass is 10.1. The molecule has 0 aliphatic rings. The number of carbonyl (C=O) groups is 2. The third kappa shape index (κ3) is 5.39. The van der Waals surface area contributed by atoms with Crippen LogP contribution in [0, 0.1) is 5.82 Å². The van der Waals surface area contributed by atoms with E-state index in [-0.39, 0.29) is 29.4 Å². The Balaban J connectivity index is 1.45. The van der Waals surface area contributed by atoms with Crippen molar-refractivity contribution in [1.82, 2.24) is 10.3 Å². The topological polar surface area (TPSA) is 118 Å². The van der Waals surface area contributed by atoms with Crippen LogP contribution in [0.2, 0.25) is 0 Å². The molecule has 0 fully saturated rings. The number of ether oxygens (including phenoxy) is 2. The van der Waals surface area contributed by atoms with Gasteiger partial charge >= 0.3 is 5.97 Å². The predicted molar refractivity (Wildman–Crippen MR) is 128 cm³/mol. The second-order valence-corrected chi connectivity index (χ2v) is 8.37. The predicted octanol–water partition coefficient (Wildman–Crippen LogP) is 4.04. The van der Waals surface area contributed by atoms with Crippen LogP contribution >= 0.6 is 11.3 Å². The van der Waals surface area contributed by atoms with E-state index in [0.29, 0.717) is 16.1 Å². The molecular weight excluding hydrogens is 475 g/mol. The first kappa shape index (κ1) is 24.1. The molecule has 0 bridgehead atoms. The molecule has 1 amide bonds. The van der Waals surface area contributed by atoms with Crippen LogP contribution in [-0.4, -0.2) is 47.3 Å². The third-order valence-electron chi connectivity index (χ3n) is 5.17. The largest absolute Gasteiger partial charge is 0.493 e. The lowest BCUT2D eigenvalue weighted by molar-refractivity contribution is -0.139. The number of aliphatic carboxylic acids is 1. The van der Waals surface area contributed by atoms with Crippen LogP contribution in [-0.2, 0) is 4.79 Å². The average Bonchev–Trinajstić information content (AvgIpc) is 3.31. The van der Waals surface area contributed by atoms with Crippen LogP contribution in [0.1, 0.15) is 22.2 Å². The Morgan fingerprint density at radius 2 is 1.94 bits per heavy atom. The van der Waals surface area contributed by atoms with Crippen LogP contribution in [0.25, 0.3) is 21.3 Å². The Morgan fingerprint density at radius 3 is 2.71 bits per heavy atom. The molecule has 8 nitrogen and oxygen atoms in total. The second-order valence-electron chi connectivity index (χ2n) is 7.49. The summed E-state index contributed by atoms with van der Waals surface area (Å²) in [4.78, 5) is 27.8. The van der Waals surface area contributed by atoms with Crippen molar-refractivity contribution < 1.29 is 33.7 Å². The fourth-order valence-corrected chi connectivity index (χ4v) is 4.44. The van der Waals surface area contributed by atoms with E-state index in [4.69, 9.17) is 14.6 Å². The van der Waals surface area contributed by atoms with Gasteiger partial charge in [0.2, 0.25) is 0 Å². The van der Waals surface area contributed by atoms with Crippen molar-refractivity contribution in [2.24, 2.45) is 0 Å². The van der Waals surface area contributed by atoms with E-state index < -0.39 is 24.6 Å². The molecule has 0 saturated heterocycles. The first-order chi connectivity index (χ1) is 16.9. The highest BCUT2D eigenvalue weighted by atomic mass is 32.1. The van der Waals surface area contributed by atoms with Gasteiger partial charge in [-0.05, 0) is 36.4 Å². The third-order valence-corrected chi connectivity index (χ3v) is 6.18. The van der Waals surface area contributed by atoms with Gasteiger partial charge in [0.25, 0.3) is 5.91 Å². The lowest BCUT2D eigenvalue weighted by Gasteiger charge is -2.14. The van der Waals surface area contributed by atoms with Gasteiger partial charge in [0, 0.05) is 28.4 Å². The Kier molecular flexibility index (Phi) is 7.23. The van der Waals surface area contributed by atoms with E-state index in [1.807, 2.05) is 11.4 Å². The number of aliphatic hydroxyl groups is 1. The number of aliphatic hydroxyl groups excluding tert-OH is 1. The Labute approximate surface area is 203 Å². The number of thiophene rings is 1.